The molecule has 1 aromatic carbocycles. The lowest BCUT2D eigenvalue weighted by Crippen LogP contribution is -2.37. The first-order valence-electron chi connectivity index (χ1n) is 6.19. The van der Waals surface area contributed by atoms with Gasteiger partial charge in [-0.15, -0.1) is 0 Å². The zero-order valence-electron chi connectivity index (χ0n) is 11.0. The second-order valence-corrected chi connectivity index (χ2v) is 4.44. The lowest BCUT2D eigenvalue weighted by molar-refractivity contribution is -0.129. The third-order valence-corrected chi connectivity index (χ3v) is 2.97. The van der Waals surface area contributed by atoms with E-state index < -0.39 is 0 Å². The maximum Gasteiger partial charge on any atom is 0.241 e. The molecule has 20 heavy (non-hydrogen) atoms. The number of nitrogens with one attached hydrogen (secondary N) is 1. The van der Waals surface area contributed by atoms with Crippen molar-refractivity contribution in [1.82, 2.24) is 4.90 Å². The van der Waals surface area contributed by atoms with Crippen molar-refractivity contribution in [3.63, 3.8) is 0 Å². The van der Waals surface area contributed by atoms with E-state index in [4.69, 9.17) is 22.1 Å². The van der Waals surface area contributed by atoms with Gasteiger partial charge in [0.15, 0.2) is 0 Å². The zero-order valence-corrected chi connectivity index (χ0v) is 11.7. The van der Waals surface area contributed by atoms with Crippen LogP contribution >= 0.6 is 11.6 Å². The van der Waals surface area contributed by atoms with Crippen LogP contribution in [0.1, 0.15) is 12.8 Å². The number of carbonyl (C=O) groups excluding carboxylic acids is 1. The predicted octanol–water partition coefficient (Wildman–Crippen LogP) is 2.41. The van der Waals surface area contributed by atoms with E-state index in [1.54, 1.807) is 12.1 Å². The number of benzene rings is 1. The largest absolute Gasteiger partial charge is 0.375 e. The van der Waals surface area contributed by atoms with Gasteiger partial charge in [-0.05, 0) is 12.1 Å². The third kappa shape index (κ3) is 5.17. The van der Waals surface area contributed by atoms with Gasteiger partial charge in [-0.1, -0.05) is 23.7 Å². The van der Waals surface area contributed by atoms with Gasteiger partial charge in [0.25, 0.3) is 0 Å². The number of nitriles is 2. The summed E-state index contributed by atoms with van der Waals surface area (Å²) in [7, 11) is 0. The van der Waals surface area contributed by atoms with E-state index in [1.165, 1.54) is 4.90 Å². The van der Waals surface area contributed by atoms with Crippen LogP contribution in [0.3, 0.4) is 0 Å². The highest BCUT2D eigenvalue weighted by molar-refractivity contribution is 6.33. The fraction of sp³-hybridized carbons (Fsp3) is 0.357. The van der Waals surface area contributed by atoms with Gasteiger partial charge in [0, 0.05) is 13.1 Å². The third-order valence-electron chi connectivity index (χ3n) is 2.64. The van der Waals surface area contributed by atoms with Crippen molar-refractivity contribution in [2.24, 2.45) is 0 Å². The van der Waals surface area contributed by atoms with Crippen LogP contribution in [0.15, 0.2) is 24.3 Å². The lowest BCUT2D eigenvalue weighted by Gasteiger charge is -2.21. The van der Waals surface area contributed by atoms with E-state index >= 15 is 0 Å². The maximum atomic E-state index is 12.0. The van der Waals surface area contributed by atoms with Crippen molar-refractivity contribution in [2.45, 2.75) is 12.8 Å². The Hall–Kier alpha value is -2.24. The Morgan fingerprint density at radius 3 is 2.35 bits per heavy atom. The number of anilines is 1. The molecule has 6 heteroatoms. The minimum Gasteiger partial charge on any atom is -0.375 e. The van der Waals surface area contributed by atoms with Crippen LogP contribution < -0.4 is 5.32 Å². The molecule has 0 fully saturated rings. The van der Waals surface area contributed by atoms with Gasteiger partial charge >= 0.3 is 0 Å². The Bertz CT molecular complexity index is 515. The molecular formula is C14H15ClN4O. The number of hydrogen-bond donors (Lipinski definition) is 1. The molecule has 0 aliphatic heterocycles. The summed E-state index contributed by atoms with van der Waals surface area (Å²) in [6.45, 7) is 0.753. The first-order valence-corrected chi connectivity index (χ1v) is 6.57. The monoisotopic (exact) mass is 290 g/mol. The Morgan fingerprint density at radius 1 is 1.20 bits per heavy atom. The summed E-state index contributed by atoms with van der Waals surface area (Å²) in [6, 6.07) is 11.1. The van der Waals surface area contributed by atoms with Gasteiger partial charge < -0.3 is 10.2 Å². The molecule has 0 aromatic heterocycles. The highest BCUT2D eigenvalue weighted by Crippen LogP contribution is 2.19. The Labute approximate surface area is 123 Å². The summed E-state index contributed by atoms with van der Waals surface area (Å²) in [4.78, 5) is 13.6. The molecule has 0 saturated heterocycles. The number of para-hydroxylation sites is 1. The molecule has 0 aliphatic rings. The van der Waals surface area contributed by atoms with Crippen LogP contribution in [-0.2, 0) is 4.79 Å². The van der Waals surface area contributed by atoms with E-state index in [2.05, 4.69) is 5.32 Å². The van der Waals surface area contributed by atoms with E-state index in [0.29, 0.717) is 23.8 Å². The summed E-state index contributed by atoms with van der Waals surface area (Å²) < 4.78 is 0. The van der Waals surface area contributed by atoms with Crippen molar-refractivity contribution in [3.8, 4) is 12.1 Å². The van der Waals surface area contributed by atoms with Gasteiger partial charge in [0.1, 0.15) is 0 Å². The van der Waals surface area contributed by atoms with Crippen LogP contribution in [0, 0.1) is 22.7 Å². The van der Waals surface area contributed by atoms with E-state index in [0.717, 1.165) is 0 Å². The molecule has 0 unspecified atom stereocenters. The van der Waals surface area contributed by atoms with Crippen molar-refractivity contribution in [1.29, 1.82) is 10.5 Å². The predicted molar refractivity (Wildman–Crippen MR) is 77.0 cm³/mol. The van der Waals surface area contributed by atoms with Crippen molar-refractivity contribution < 1.29 is 4.79 Å². The van der Waals surface area contributed by atoms with E-state index in [1.807, 2.05) is 24.3 Å². The molecule has 0 heterocycles. The SMILES string of the molecule is N#CCCN(CCC#N)C(=O)CNc1ccccc1Cl. The van der Waals surface area contributed by atoms with Crippen LogP contribution in [-0.4, -0.2) is 30.4 Å². The van der Waals surface area contributed by atoms with Gasteiger partial charge in [0.05, 0.1) is 42.2 Å². The smallest absolute Gasteiger partial charge is 0.241 e. The highest BCUT2D eigenvalue weighted by atomic mass is 35.5. The number of halogens is 1. The zero-order chi connectivity index (χ0) is 14.8. The summed E-state index contributed by atoms with van der Waals surface area (Å²) in [5.74, 6) is -0.157. The number of nitrogens with zero attached hydrogens (tertiary/aromatic N) is 3. The Balaban J connectivity index is 2.55. The summed E-state index contributed by atoms with van der Waals surface area (Å²) in [5.41, 5.74) is 0.683. The molecule has 5 nitrogen and oxygen atoms in total. The lowest BCUT2D eigenvalue weighted by atomic mass is 10.3. The fourth-order valence-corrected chi connectivity index (χ4v) is 1.82. The van der Waals surface area contributed by atoms with Crippen molar-refractivity contribution in [3.05, 3.63) is 29.3 Å². The average molecular weight is 291 g/mol. The normalized spacial score (nSPS) is 9.35. The molecule has 0 saturated carbocycles. The summed E-state index contributed by atoms with van der Waals surface area (Å²) in [6.07, 6.45) is 0.506. The van der Waals surface area contributed by atoms with Crippen LogP contribution in [0.4, 0.5) is 5.69 Å². The Morgan fingerprint density at radius 2 is 1.80 bits per heavy atom. The second-order valence-electron chi connectivity index (χ2n) is 4.03. The van der Waals surface area contributed by atoms with Gasteiger partial charge in [-0.2, -0.15) is 10.5 Å². The molecular weight excluding hydrogens is 276 g/mol. The van der Waals surface area contributed by atoms with E-state index in [-0.39, 0.29) is 25.3 Å². The number of hydrogen-bond acceptors (Lipinski definition) is 4. The molecule has 0 aliphatic carbocycles. The maximum absolute atomic E-state index is 12.0. The van der Waals surface area contributed by atoms with Gasteiger partial charge in [0.2, 0.25) is 5.91 Å². The first-order chi connectivity index (χ1) is 9.69. The van der Waals surface area contributed by atoms with Crippen LogP contribution in [0.5, 0.6) is 0 Å². The van der Waals surface area contributed by atoms with Crippen molar-refractivity contribution >= 4 is 23.2 Å². The quantitative estimate of drug-likeness (QED) is 0.836. The topological polar surface area (TPSA) is 79.9 Å². The number of amides is 1. The molecule has 0 atom stereocenters. The van der Waals surface area contributed by atoms with E-state index in [9.17, 15) is 4.79 Å². The molecule has 1 amide bonds. The van der Waals surface area contributed by atoms with Crippen LogP contribution in [0.25, 0.3) is 0 Å². The average Bonchev–Trinajstić information content (AvgIpc) is 2.46. The molecule has 1 rings (SSSR count). The fourth-order valence-electron chi connectivity index (χ4n) is 1.62. The first kappa shape index (κ1) is 15.8. The minimum atomic E-state index is -0.157. The van der Waals surface area contributed by atoms with Crippen molar-refractivity contribution in [2.75, 3.05) is 25.0 Å². The number of carbonyl (C=O) groups is 1. The molecule has 104 valence electrons. The molecule has 1 aromatic rings. The molecule has 0 radical (unpaired) electrons. The summed E-state index contributed by atoms with van der Waals surface area (Å²) >= 11 is 5.98. The molecule has 1 N–H and O–H groups in total. The van der Waals surface area contributed by atoms with Gasteiger partial charge in [-0.25, -0.2) is 0 Å². The molecule has 0 spiro atoms. The minimum absolute atomic E-state index is 0.0839. The standard InChI is InChI=1S/C14H15ClN4O/c15-12-5-1-2-6-13(12)18-11-14(20)19(9-3-7-16)10-4-8-17/h1-2,5-6,18H,3-4,9-11H2. The number of rotatable bonds is 7. The van der Waals surface area contributed by atoms with Crippen LogP contribution in [0.2, 0.25) is 5.02 Å². The highest BCUT2D eigenvalue weighted by Gasteiger charge is 2.13. The van der Waals surface area contributed by atoms with Gasteiger partial charge in [-0.3, -0.25) is 4.79 Å². The second kappa shape index (κ2) is 8.79. The summed E-state index contributed by atoms with van der Waals surface area (Å²) in [5, 5.41) is 20.7. The Kier molecular flexibility index (Phi) is 6.95. The molecule has 0 bridgehead atoms.